The maximum absolute atomic E-state index is 15.1. The van der Waals surface area contributed by atoms with Crippen molar-refractivity contribution in [1.29, 1.82) is 0 Å². The quantitative estimate of drug-likeness (QED) is 0.176. The minimum absolute atomic E-state index is 0.0872. The molecule has 3 heterocycles. The molecule has 2 N–H and O–H groups in total. The Bertz CT molecular complexity index is 934. The highest BCUT2D eigenvalue weighted by Gasteiger charge is 2.65. The lowest BCUT2D eigenvalue weighted by atomic mass is 10.0. The molecule has 0 aliphatic carbocycles. The van der Waals surface area contributed by atoms with E-state index in [4.69, 9.17) is 24.0 Å². The number of ether oxygens (including phenoxy) is 1. The third-order valence-corrected chi connectivity index (χ3v) is 8.29. The van der Waals surface area contributed by atoms with Gasteiger partial charge in [-0.2, -0.15) is 13.8 Å². The number of halogens is 2. The SMILES string of the molecule is CCCCCCCCCCCCCCCCOP1(=O)OCC2O[C@@H](n3ccc(N)nc3=O)C(F)(F)[C@@H]2O1. The molecule has 0 spiro atoms. The molecule has 0 saturated carbocycles. The molecule has 0 bridgehead atoms. The van der Waals surface area contributed by atoms with Crippen molar-refractivity contribution in [3.8, 4) is 0 Å². The van der Waals surface area contributed by atoms with E-state index in [0.717, 1.165) is 25.5 Å². The maximum atomic E-state index is 15.1. The molecule has 0 amide bonds. The average molecular weight is 550 g/mol. The molecular formula is C25H42F2N3O6P. The summed E-state index contributed by atoms with van der Waals surface area (Å²) in [6.07, 6.45) is 12.8. The van der Waals surface area contributed by atoms with Crippen LogP contribution in [0.3, 0.4) is 0 Å². The molecule has 37 heavy (non-hydrogen) atoms. The Morgan fingerprint density at radius 3 is 2.19 bits per heavy atom. The van der Waals surface area contributed by atoms with Gasteiger partial charge >= 0.3 is 19.4 Å². The zero-order chi connectivity index (χ0) is 26.7. The fraction of sp³-hybridized carbons (Fsp3) is 0.840. The van der Waals surface area contributed by atoms with Crippen LogP contribution in [0.15, 0.2) is 17.1 Å². The van der Waals surface area contributed by atoms with Crippen molar-refractivity contribution >= 4 is 13.6 Å². The van der Waals surface area contributed by atoms with Crippen molar-refractivity contribution in [1.82, 2.24) is 9.55 Å². The van der Waals surface area contributed by atoms with Crippen LogP contribution in [0.1, 0.15) is 103 Å². The van der Waals surface area contributed by atoms with Crippen LogP contribution in [0.25, 0.3) is 0 Å². The molecule has 0 radical (unpaired) electrons. The smallest absolute Gasteiger partial charge is 0.383 e. The Hall–Kier alpha value is -1.39. The van der Waals surface area contributed by atoms with Crippen LogP contribution < -0.4 is 11.4 Å². The molecule has 0 aromatic carbocycles. The number of anilines is 1. The highest BCUT2D eigenvalue weighted by atomic mass is 31.2. The molecule has 12 heteroatoms. The van der Waals surface area contributed by atoms with Gasteiger partial charge in [0.25, 0.3) is 0 Å². The summed E-state index contributed by atoms with van der Waals surface area (Å²) in [5, 5.41) is 0. The summed E-state index contributed by atoms with van der Waals surface area (Å²) in [6.45, 7) is 1.93. The van der Waals surface area contributed by atoms with Gasteiger partial charge in [0, 0.05) is 6.20 Å². The maximum Gasteiger partial charge on any atom is 0.475 e. The first kappa shape index (κ1) is 30.2. The molecule has 2 fully saturated rings. The van der Waals surface area contributed by atoms with Gasteiger partial charge < -0.3 is 10.5 Å². The first-order chi connectivity index (χ1) is 17.8. The number of hydrogen-bond acceptors (Lipinski definition) is 8. The topological polar surface area (TPSA) is 115 Å². The second kappa shape index (κ2) is 14.7. The van der Waals surface area contributed by atoms with Crippen LogP contribution in [0.2, 0.25) is 0 Å². The minimum Gasteiger partial charge on any atom is -0.383 e. The molecule has 3 rings (SSSR count). The van der Waals surface area contributed by atoms with Gasteiger partial charge in [-0.1, -0.05) is 90.4 Å². The van der Waals surface area contributed by atoms with E-state index in [-0.39, 0.29) is 12.4 Å². The normalized spacial score (nSPS) is 26.8. The number of fused-ring (bicyclic) bond motifs is 1. The van der Waals surface area contributed by atoms with E-state index in [1.54, 1.807) is 0 Å². The zero-order valence-corrected chi connectivity index (χ0v) is 22.7. The standard InChI is InChI=1S/C25H42F2N3O6P/c1-2-3-4-5-6-7-8-9-10-11-12-13-14-15-18-33-37(32)34-19-20-22(36-37)25(26,27)23(35-20)30-17-16-21(28)29-24(30)31/h16-17,20,22-23H,2-15,18-19H2,1H3,(H2,28,29,31)/t20?,22-,23-,37?/m1/s1. The molecule has 4 atom stereocenters. The van der Waals surface area contributed by atoms with E-state index in [2.05, 4.69) is 11.9 Å². The second-order valence-corrected chi connectivity index (χ2v) is 11.6. The van der Waals surface area contributed by atoms with E-state index >= 15 is 8.78 Å². The fourth-order valence-electron chi connectivity index (χ4n) is 4.71. The summed E-state index contributed by atoms with van der Waals surface area (Å²) >= 11 is 0. The van der Waals surface area contributed by atoms with Crippen molar-refractivity contribution in [2.75, 3.05) is 18.9 Å². The van der Waals surface area contributed by atoms with E-state index < -0.39 is 44.5 Å². The van der Waals surface area contributed by atoms with Gasteiger partial charge in [0.2, 0.25) is 6.23 Å². The summed E-state index contributed by atoms with van der Waals surface area (Å²) in [5.74, 6) is -3.76. The molecule has 212 valence electrons. The zero-order valence-electron chi connectivity index (χ0n) is 21.8. The Morgan fingerprint density at radius 1 is 1.05 bits per heavy atom. The van der Waals surface area contributed by atoms with E-state index in [1.165, 1.54) is 70.3 Å². The number of aromatic nitrogens is 2. The number of nitrogens with two attached hydrogens (primary N) is 1. The van der Waals surface area contributed by atoms with Crippen LogP contribution in [0.4, 0.5) is 14.6 Å². The Labute approximate surface area is 218 Å². The molecule has 1 aromatic heterocycles. The molecular weight excluding hydrogens is 507 g/mol. The first-order valence-electron chi connectivity index (χ1n) is 13.7. The van der Waals surface area contributed by atoms with Gasteiger partial charge in [-0.25, -0.2) is 9.36 Å². The summed E-state index contributed by atoms with van der Waals surface area (Å²) in [6, 6.07) is 1.21. The van der Waals surface area contributed by atoms with Crippen LogP contribution in [0.5, 0.6) is 0 Å². The van der Waals surface area contributed by atoms with E-state index in [0.29, 0.717) is 11.0 Å². The highest BCUT2D eigenvalue weighted by molar-refractivity contribution is 7.48. The lowest BCUT2D eigenvalue weighted by molar-refractivity contribution is -0.138. The first-order valence-corrected chi connectivity index (χ1v) is 15.2. The van der Waals surface area contributed by atoms with Gasteiger partial charge in [0.05, 0.1) is 13.2 Å². The summed E-state index contributed by atoms with van der Waals surface area (Å²) < 4.78 is 64.5. The molecule has 9 nitrogen and oxygen atoms in total. The molecule has 2 unspecified atom stereocenters. The Morgan fingerprint density at radius 2 is 1.62 bits per heavy atom. The largest absolute Gasteiger partial charge is 0.475 e. The third-order valence-electron chi connectivity index (χ3n) is 6.84. The summed E-state index contributed by atoms with van der Waals surface area (Å²) in [7, 11) is -4.17. The molecule has 2 aliphatic rings. The third kappa shape index (κ3) is 8.82. The Balaban J connectivity index is 1.29. The number of phosphoric ester groups is 1. The monoisotopic (exact) mass is 549 g/mol. The van der Waals surface area contributed by atoms with E-state index in [9.17, 15) is 9.36 Å². The lowest BCUT2D eigenvalue weighted by Crippen LogP contribution is -2.45. The van der Waals surface area contributed by atoms with Crippen molar-refractivity contribution in [2.24, 2.45) is 0 Å². The number of alkyl halides is 2. The van der Waals surface area contributed by atoms with Crippen LogP contribution in [-0.2, 0) is 22.9 Å². The van der Waals surface area contributed by atoms with Crippen molar-refractivity contribution in [2.45, 2.75) is 121 Å². The van der Waals surface area contributed by atoms with Crippen molar-refractivity contribution in [3.05, 3.63) is 22.7 Å². The van der Waals surface area contributed by atoms with Gasteiger partial charge in [-0.05, 0) is 12.5 Å². The second-order valence-electron chi connectivity index (χ2n) is 9.94. The fourth-order valence-corrected chi connectivity index (χ4v) is 6.14. The minimum atomic E-state index is -4.17. The number of nitrogens with zero attached hydrogens (tertiary/aromatic N) is 2. The molecule has 1 aromatic rings. The summed E-state index contributed by atoms with van der Waals surface area (Å²) in [4.78, 5) is 15.5. The van der Waals surface area contributed by atoms with Crippen LogP contribution >= 0.6 is 7.82 Å². The number of rotatable bonds is 17. The van der Waals surface area contributed by atoms with Crippen LogP contribution in [-0.4, -0.2) is 40.9 Å². The van der Waals surface area contributed by atoms with Gasteiger partial charge in [-0.3, -0.25) is 18.1 Å². The van der Waals surface area contributed by atoms with Crippen molar-refractivity contribution in [3.63, 3.8) is 0 Å². The predicted molar refractivity (Wildman–Crippen MR) is 136 cm³/mol. The number of nitrogen functional groups attached to an aromatic ring is 1. The van der Waals surface area contributed by atoms with Crippen molar-refractivity contribution < 1.29 is 31.7 Å². The lowest BCUT2D eigenvalue weighted by Gasteiger charge is -2.31. The van der Waals surface area contributed by atoms with Gasteiger partial charge in [-0.15, -0.1) is 0 Å². The molecule has 2 aliphatic heterocycles. The number of phosphoric acid groups is 1. The van der Waals surface area contributed by atoms with Gasteiger partial charge in [0.15, 0.2) is 6.10 Å². The Kier molecular flexibility index (Phi) is 12.0. The molecule has 2 saturated heterocycles. The number of unbranched alkanes of at least 4 members (excludes halogenated alkanes) is 13. The number of hydrogen-bond donors (Lipinski definition) is 1. The van der Waals surface area contributed by atoms with Crippen LogP contribution in [0, 0.1) is 0 Å². The predicted octanol–water partition coefficient (Wildman–Crippen LogP) is 6.38. The highest BCUT2D eigenvalue weighted by Crippen LogP contribution is 2.59. The average Bonchev–Trinajstić information content (AvgIpc) is 3.11. The van der Waals surface area contributed by atoms with Gasteiger partial charge in [0.1, 0.15) is 11.9 Å². The summed E-state index contributed by atoms with van der Waals surface area (Å²) in [5.41, 5.74) is 4.44. The van der Waals surface area contributed by atoms with E-state index in [1.807, 2.05) is 0 Å².